The quantitative estimate of drug-likeness (QED) is 0.827. The van der Waals surface area contributed by atoms with Crippen LogP contribution in [0.4, 0.5) is 8.78 Å². The Balaban J connectivity index is 2.02. The van der Waals surface area contributed by atoms with Gasteiger partial charge in [-0.25, -0.2) is 13.8 Å². The summed E-state index contributed by atoms with van der Waals surface area (Å²) >= 11 is 3.29. The van der Waals surface area contributed by atoms with E-state index < -0.39 is 18.9 Å². The van der Waals surface area contributed by atoms with E-state index in [0.29, 0.717) is 5.69 Å². The summed E-state index contributed by atoms with van der Waals surface area (Å²) < 4.78 is 29.9. The number of ether oxygens (including phenoxy) is 1. The molecule has 1 amide bonds. The number of hydrogen-bond donors (Lipinski definition) is 1. The second kappa shape index (κ2) is 7.96. The van der Waals surface area contributed by atoms with E-state index in [4.69, 9.17) is 4.74 Å². The van der Waals surface area contributed by atoms with Crippen LogP contribution in [0, 0.1) is 0 Å². The first-order chi connectivity index (χ1) is 11.0. The topological polar surface area (TPSA) is 64.1 Å². The third-order valence-corrected chi connectivity index (χ3v) is 3.32. The molecule has 0 saturated carbocycles. The van der Waals surface area contributed by atoms with Gasteiger partial charge in [-0.3, -0.25) is 9.78 Å². The van der Waals surface area contributed by atoms with E-state index in [-0.39, 0.29) is 17.6 Å². The largest absolute Gasteiger partial charge is 0.472 e. The number of hydrogen-bond acceptors (Lipinski definition) is 4. The first-order valence-corrected chi connectivity index (χ1v) is 7.55. The summed E-state index contributed by atoms with van der Waals surface area (Å²) in [6.45, 7) is 1.02. The molecule has 0 aliphatic carbocycles. The maximum atomic E-state index is 12.2. The van der Waals surface area contributed by atoms with Gasteiger partial charge in [-0.05, 0) is 41.1 Å². The SMILES string of the molecule is CC(NC(=O)c1cccc(OCC(F)F)n1)c1ccc(Br)cn1. The van der Waals surface area contributed by atoms with E-state index in [1.54, 1.807) is 19.2 Å². The highest BCUT2D eigenvalue weighted by atomic mass is 79.9. The summed E-state index contributed by atoms with van der Waals surface area (Å²) in [7, 11) is 0. The number of alkyl halides is 2. The second-order valence-corrected chi connectivity index (χ2v) is 5.58. The number of nitrogens with one attached hydrogen (secondary N) is 1. The van der Waals surface area contributed by atoms with Crippen LogP contribution in [0.15, 0.2) is 41.0 Å². The molecule has 0 bridgehead atoms. The van der Waals surface area contributed by atoms with E-state index in [9.17, 15) is 13.6 Å². The van der Waals surface area contributed by atoms with E-state index >= 15 is 0 Å². The van der Waals surface area contributed by atoms with Crippen LogP contribution in [0.5, 0.6) is 5.88 Å². The average Bonchev–Trinajstić information content (AvgIpc) is 2.53. The molecule has 2 heterocycles. The van der Waals surface area contributed by atoms with Crippen molar-refractivity contribution >= 4 is 21.8 Å². The van der Waals surface area contributed by atoms with Gasteiger partial charge in [-0.1, -0.05) is 6.07 Å². The first-order valence-electron chi connectivity index (χ1n) is 6.76. The monoisotopic (exact) mass is 385 g/mol. The fourth-order valence-electron chi connectivity index (χ4n) is 1.76. The zero-order valence-corrected chi connectivity index (χ0v) is 13.8. The average molecular weight is 386 g/mol. The molecule has 0 spiro atoms. The van der Waals surface area contributed by atoms with Crippen molar-refractivity contribution in [2.75, 3.05) is 6.61 Å². The Morgan fingerprint density at radius 1 is 1.35 bits per heavy atom. The maximum Gasteiger partial charge on any atom is 0.272 e. The van der Waals surface area contributed by atoms with Crippen LogP contribution in [0.3, 0.4) is 0 Å². The summed E-state index contributed by atoms with van der Waals surface area (Å²) in [5, 5.41) is 2.74. The standard InChI is InChI=1S/C15H14BrF2N3O2/c1-9(11-6-5-10(16)7-19-11)20-15(22)12-3-2-4-14(21-12)23-8-13(17)18/h2-7,9,13H,8H2,1H3,(H,20,22). The third kappa shape index (κ3) is 5.24. The molecule has 5 nitrogen and oxygen atoms in total. The Labute approximate surface area is 140 Å². The van der Waals surface area contributed by atoms with Crippen LogP contribution in [0.1, 0.15) is 29.1 Å². The highest BCUT2D eigenvalue weighted by Gasteiger charge is 2.14. The third-order valence-electron chi connectivity index (χ3n) is 2.85. The number of carbonyl (C=O) groups is 1. The smallest absolute Gasteiger partial charge is 0.272 e. The summed E-state index contributed by atoms with van der Waals surface area (Å²) in [6, 6.07) is 7.69. The molecule has 2 aromatic rings. The van der Waals surface area contributed by atoms with Crippen molar-refractivity contribution in [3.8, 4) is 5.88 Å². The number of rotatable bonds is 6. The molecule has 0 aromatic carbocycles. The minimum absolute atomic E-state index is 0.0210. The van der Waals surface area contributed by atoms with Crippen molar-refractivity contribution in [3.05, 3.63) is 52.4 Å². The molecular weight excluding hydrogens is 372 g/mol. The minimum atomic E-state index is -2.60. The molecule has 2 aromatic heterocycles. The van der Waals surface area contributed by atoms with Crippen molar-refractivity contribution in [2.24, 2.45) is 0 Å². The summed E-state index contributed by atoms with van der Waals surface area (Å²) in [4.78, 5) is 20.3. The van der Waals surface area contributed by atoms with Gasteiger partial charge < -0.3 is 10.1 Å². The van der Waals surface area contributed by atoms with Gasteiger partial charge in [0.1, 0.15) is 5.69 Å². The van der Waals surface area contributed by atoms with E-state index in [1.165, 1.54) is 18.2 Å². The van der Waals surface area contributed by atoms with Crippen LogP contribution >= 0.6 is 15.9 Å². The van der Waals surface area contributed by atoms with Crippen LogP contribution in [0.25, 0.3) is 0 Å². The molecule has 1 unspecified atom stereocenters. The molecule has 0 aliphatic heterocycles. The van der Waals surface area contributed by atoms with Gasteiger partial charge >= 0.3 is 0 Å². The van der Waals surface area contributed by atoms with Crippen LogP contribution in [0.2, 0.25) is 0 Å². The Morgan fingerprint density at radius 3 is 2.78 bits per heavy atom. The van der Waals surface area contributed by atoms with Crippen LogP contribution < -0.4 is 10.1 Å². The minimum Gasteiger partial charge on any atom is -0.472 e. The maximum absolute atomic E-state index is 12.2. The van der Waals surface area contributed by atoms with Gasteiger partial charge in [-0.2, -0.15) is 0 Å². The molecular formula is C15H14BrF2N3O2. The fourth-order valence-corrected chi connectivity index (χ4v) is 1.99. The predicted octanol–water partition coefficient (Wildman–Crippen LogP) is 3.37. The number of pyridine rings is 2. The molecule has 0 radical (unpaired) electrons. The lowest BCUT2D eigenvalue weighted by Crippen LogP contribution is -2.28. The molecule has 122 valence electrons. The van der Waals surface area contributed by atoms with Gasteiger partial charge in [0.15, 0.2) is 6.61 Å². The molecule has 2 rings (SSSR count). The lowest BCUT2D eigenvalue weighted by Gasteiger charge is -2.13. The van der Waals surface area contributed by atoms with Gasteiger partial charge in [0, 0.05) is 16.7 Å². The molecule has 0 aliphatic rings. The summed E-state index contributed by atoms with van der Waals surface area (Å²) in [5.74, 6) is -0.461. The summed E-state index contributed by atoms with van der Waals surface area (Å²) in [6.07, 6.45) is -0.965. The van der Waals surface area contributed by atoms with Gasteiger partial charge in [0.2, 0.25) is 5.88 Å². The van der Waals surface area contributed by atoms with Gasteiger partial charge in [0.25, 0.3) is 12.3 Å². The van der Waals surface area contributed by atoms with Gasteiger partial charge in [0.05, 0.1) is 11.7 Å². The zero-order chi connectivity index (χ0) is 16.8. The Morgan fingerprint density at radius 2 is 2.13 bits per heavy atom. The lowest BCUT2D eigenvalue weighted by atomic mass is 10.2. The van der Waals surface area contributed by atoms with Crippen molar-refractivity contribution < 1.29 is 18.3 Å². The number of nitrogens with zero attached hydrogens (tertiary/aromatic N) is 2. The van der Waals surface area contributed by atoms with Crippen LogP contribution in [-0.2, 0) is 0 Å². The van der Waals surface area contributed by atoms with Crippen molar-refractivity contribution in [1.29, 1.82) is 0 Å². The Kier molecular flexibility index (Phi) is 5.97. The Hall–Kier alpha value is -2.09. The van der Waals surface area contributed by atoms with E-state index in [2.05, 4.69) is 31.2 Å². The molecule has 1 N–H and O–H groups in total. The molecule has 0 fully saturated rings. The van der Waals surface area contributed by atoms with Gasteiger partial charge in [-0.15, -0.1) is 0 Å². The van der Waals surface area contributed by atoms with Crippen molar-refractivity contribution in [2.45, 2.75) is 19.4 Å². The first kappa shape index (κ1) is 17.3. The molecule has 1 atom stereocenters. The zero-order valence-electron chi connectivity index (χ0n) is 12.2. The second-order valence-electron chi connectivity index (χ2n) is 4.66. The van der Waals surface area contributed by atoms with Crippen molar-refractivity contribution in [1.82, 2.24) is 15.3 Å². The molecule has 8 heteroatoms. The number of amides is 1. The normalized spacial score (nSPS) is 12.0. The van der Waals surface area contributed by atoms with Crippen molar-refractivity contribution in [3.63, 3.8) is 0 Å². The number of aromatic nitrogens is 2. The molecule has 0 saturated heterocycles. The van der Waals surface area contributed by atoms with E-state index in [1.807, 2.05) is 6.07 Å². The predicted molar refractivity (Wildman–Crippen MR) is 83.6 cm³/mol. The number of carbonyl (C=O) groups excluding carboxylic acids is 1. The highest BCUT2D eigenvalue weighted by molar-refractivity contribution is 9.10. The lowest BCUT2D eigenvalue weighted by molar-refractivity contribution is 0.0792. The van der Waals surface area contributed by atoms with Crippen LogP contribution in [-0.4, -0.2) is 28.9 Å². The number of halogens is 3. The Bertz CT molecular complexity index is 668. The molecule has 23 heavy (non-hydrogen) atoms. The summed E-state index contributed by atoms with van der Waals surface area (Å²) in [5.41, 5.74) is 0.771. The highest BCUT2D eigenvalue weighted by Crippen LogP contribution is 2.14. The fraction of sp³-hybridized carbons (Fsp3) is 0.267. The van der Waals surface area contributed by atoms with E-state index in [0.717, 1.165) is 4.47 Å².